The van der Waals surface area contributed by atoms with Gasteiger partial charge in [0.15, 0.2) is 0 Å². The van der Waals surface area contributed by atoms with Gasteiger partial charge in [-0.2, -0.15) is 5.10 Å². The monoisotopic (exact) mass is 395 g/mol. The van der Waals surface area contributed by atoms with E-state index >= 15 is 0 Å². The summed E-state index contributed by atoms with van der Waals surface area (Å²) in [6, 6.07) is 15.1. The van der Waals surface area contributed by atoms with E-state index in [0.717, 1.165) is 29.9 Å². The van der Waals surface area contributed by atoms with Gasteiger partial charge in [-0.3, -0.25) is 9.67 Å². The van der Waals surface area contributed by atoms with E-state index in [9.17, 15) is 4.79 Å². The molecule has 1 aliphatic carbocycles. The lowest BCUT2D eigenvalue weighted by Gasteiger charge is -2.13. The molecular formula is C21H22ClN5O. The average molecular weight is 396 g/mol. The van der Waals surface area contributed by atoms with Crippen molar-refractivity contribution in [3.63, 3.8) is 0 Å². The number of benzene rings is 1. The van der Waals surface area contributed by atoms with E-state index in [4.69, 9.17) is 16.7 Å². The van der Waals surface area contributed by atoms with Gasteiger partial charge in [-0.25, -0.2) is 4.79 Å². The van der Waals surface area contributed by atoms with Gasteiger partial charge in [-0.05, 0) is 43.2 Å². The summed E-state index contributed by atoms with van der Waals surface area (Å²) in [7, 11) is 0. The fourth-order valence-corrected chi connectivity index (χ4v) is 3.75. The Morgan fingerprint density at radius 1 is 1.14 bits per heavy atom. The summed E-state index contributed by atoms with van der Waals surface area (Å²) in [4.78, 5) is 16.7. The molecule has 0 bridgehead atoms. The van der Waals surface area contributed by atoms with Crippen molar-refractivity contribution < 1.29 is 4.79 Å². The van der Waals surface area contributed by atoms with Crippen LogP contribution in [-0.2, 0) is 6.54 Å². The summed E-state index contributed by atoms with van der Waals surface area (Å²) < 4.78 is 2.08. The number of nitrogens with zero attached hydrogens (tertiary/aromatic N) is 3. The molecule has 1 fully saturated rings. The summed E-state index contributed by atoms with van der Waals surface area (Å²) in [5.74, 6) is 0. The second-order valence-corrected chi connectivity index (χ2v) is 7.31. The molecule has 1 aliphatic rings. The minimum Gasteiger partial charge on any atom is -0.332 e. The van der Waals surface area contributed by atoms with Gasteiger partial charge in [0.05, 0.1) is 40.4 Å². The molecule has 0 aliphatic heterocycles. The van der Waals surface area contributed by atoms with Crippen LogP contribution < -0.4 is 10.6 Å². The number of rotatable bonds is 5. The molecule has 0 radical (unpaired) electrons. The summed E-state index contributed by atoms with van der Waals surface area (Å²) >= 11 is 6.08. The SMILES string of the molecule is O=C(NCc1cc(-c2ccccn2)n(C2CCCC2)n1)Nc1ccccc1Cl. The minimum atomic E-state index is -0.317. The van der Waals surface area contributed by atoms with Gasteiger partial charge in [0.1, 0.15) is 0 Å². The Kier molecular flexibility index (Phi) is 5.58. The quantitative estimate of drug-likeness (QED) is 0.636. The van der Waals surface area contributed by atoms with Crippen LogP contribution in [0, 0.1) is 0 Å². The number of urea groups is 1. The fraction of sp³-hybridized carbons (Fsp3) is 0.286. The third-order valence-electron chi connectivity index (χ3n) is 4.94. The molecule has 7 heteroatoms. The Hall–Kier alpha value is -2.86. The second kappa shape index (κ2) is 8.44. The number of pyridine rings is 1. The number of hydrogen-bond donors (Lipinski definition) is 2. The first kappa shape index (κ1) is 18.5. The number of amides is 2. The highest BCUT2D eigenvalue weighted by atomic mass is 35.5. The van der Waals surface area contributed by atoms with Crippen LogP contribution in [0.3, 0.4) is 0 Å². The van der Waals surface area contributed by atoms with E-state index in [1.165, 1.54) is 12.8 Å². The van der Waals surface area contributed by atoms with Crippen LogP contribution in [-0.4, -0.2) is 20.8 Å². The lowest BCUT2D eigenvalue weighted by atomic mass is 10.2. The molecule has 0 unspecified atom stereocenters. The van der Waals surface area contributed by atoms with Crippen LogP contribution in [0.25, 0.3) is 11.4 Å². The van der Waals surface area contributed by atoms with Gasteiger partial charge < -0.3 is 10.6 Å². The highest BCUT2D eigenvalue weighted by Gasteiger charge is 2.22. The molecular weight excluding hydrogens is 374 g/mol. The zero-order valence-electron chi connectivity index (χ0n) is 15.4. The molecule has 2 N–H and O–H groups in total. The van der Waals surface area contributed by atoms with Gasteiger partial charge in [0.2, 0.25) is 0 Å². The lowest BCUT2D eigenvalue weighted by Crippen LogP contribution is -2.28. The van der Waals surface area contributed by atoms with Gasteiger partial charge in [0.25, 0.3) is 0 Å². The average Bonchev–Trinajstić information content (AvgIpc) is 3.38. The van der Waals surface area contributed by atoms with E-state index in [1.807, 2.05) is 36.4 Å². The highest BCUT2D eigenvalue weighted by molar-refractivity contribution is 6.33. The van der Waals surface area contributed by atoms with Gasteiger partial charge in [-0.15, -0.1) is 0 Å². The highest BCUT2D eigenvalue weighted by Crippen LogP contribution is 2.33. The number of carbonyl (C=O) groups excluding carboxylic acids is 1. The third kappa shape index (κ3) is 4.17. The van der Waals surface area contributed by atoms with Crippen LogP contribution in [0.5, 0.6) is 0 Å². The van der Waals surface area contributed by atoms with E-state index in [1.54, 1.807) is 18.3 Å². The molecule has 0 atom stereocenters. The number of halogens is 1. The van der Waals surface area contributed by atoms with Crippen molar-refractivity contribution in [2.75, 3.05) is 5.32 Å². The molecule has 0 spiro atoms. The summed E-state index contributed by atoms with van der Waals surface area (Å²) in [5.41, 5.74) is 3.28. The molecule has 144 valence electrons. The largest absolute Gasteiger partial charge is 0.332 e. The van der Waals surface area contributed by atoms with Crippen molar-refractivity contribution in [3.8, 4) is 11.4 Å². The molecule has 1 saturated carbocycles. The maximum absolute atomic E-state index is 12.2. The second-order valence-electron chi connectivity index (χ2n) is 6.91. The van der Waals surface area contributed by atoms with Crippen molar-refractivity contribution in [2.24, 2.45) is 0 Å². The fourth-order valence-electron chi connectivity index (χ4n) is 3.56. The number of carbonyl (C=O) groups is 1. The molecule has 2 aromatic heterocycles. The van der Waals surface area contributed by atoms with Crippen molar-refractivity contribution in [1.29, 1.82) is 0 Å². The van der Waals surface area contributed by atoms with Crippen LogP contribution in [0.1, 0.15) is 37.4 Å². The molecule has 2 heterocycles. The van der Waals surface area contributed by atoms with Crippen molar-refractivity contribution in [3.05, 3.63) is 65.4 Å². The van der Waals surface area contributed by atoms with Crippen molar-refractivity contribution in [1.82, 2.24) is 20.1 Å². The first-order valence-electron chi connectivity index (χ1n) is 9.50. The Morgan fingerprint density at radius 2 is 1.93 bits per heavy atom. The zero-order valence-corrected chi connectivity index (χ0v) is 16.2. The number of hydrogen-bond acceptors (Lipinski definition) is 3. The van der Waals surface area contributed by atoms with E-state index in [-0.39, 0.29) is 6.03 Å². The summed E-state index contributed by atoms with van der Waals surface area (Å²) in [6.45, 7) is 0.329. The maximum Gasteiger partial charge on any atom is 0.319 e. The number of anilines is 1. The van der Waals surface area contributed by atoms with Crippen molar-refractivity contribution >= 4 is 23.3 Å². The standard InChI is InChI=1S/C21H22ClN5O/c22-17-9-3-4-10-18(17)25-21(28)24-14-15-13-20(19-11-5-6-12-23-19)27(26-15)16-7-1-2-8-16/h3-6,9-13,16H,1-2,7-8,14H2,(H2,24,25,28). The number of aromatic nitrogens is 3. The van der Waals surface area contributed by atoms with E-state index in [0.29, 0.717) is 23.3 Å². The smallest absolute Gasteiger partial charge is 0.319 e. The van der Waals surface area contributed by atoms with Gasteiger partial charge >= 0.3 is 6.03 Å². The van der Waals surface area contributed by atoms with Crippen LogP contribution in [0.4, 0.5) is 10.5 Å². The molecule has 4 rings (SSSR count). The maximum atomic E-state index is 12.2. The third-order valence-corrected chi connectivity index (χ3v) is 5.27. The first-order chi connectivity index (χ1) is 13.7. The minimum absolute atomic E-state index is 0.317. The normalized spacial score (nSPS) is 14.2. The Bertz CT molecular complexity index is 950. The Morgan fingerprint density at radius 3 is 2.68 bits per heavy atom. The zero-order chi connectivity index (χ0) is 19.3. The molecule has 0 saturated heterocycles. The Labute approximate surface area is 168 Å². The molecule has 3 aromatic rings. The predicted molar refractivity (Wildman–Crippen MR) is 110 cm³/mol. The van der Waals surface area contributed by atoms with E-state index in [2.05, 4.69) is 20.3 Å². The summed E-state index contributed by atoms with van der Waals surface area (Å²) in [6.07, 6.45) is 6.49. The molecule has 1 aromatic carbocycles. The van der Waals surface area contributed by atoms with Gasteiger partial charge in [-0.1, -0.05) is 42.6 Å². The molecule has 6 nitrogen and oxygen atoms in total. The van der Waals surface area contributed by atoms with Gasteiger partial charge in [0, 0.05) is 6.20 Å². The molecule has 2 amide bonds. The van der Waals surface area contributed by atoms with Crippen molar-refractivity contribution in [2.45, 2.75) is 38.3 Å². The first-order valence-corrected chi connectivity index (χ1v) is 9.88. The number of para-hydroxylation sites is 1. The lowest BCUT2D eigenvalue weighted by molar-refractivity contribution is 0.251. The predicted octanol–water partition coefficient (Wildman–Crippen LogP) is 5.04. The van der Waals surface area contributed by atoms with Crippen LogP contribution >= 0.6 is 11.6 Å². The molecule has 28 heavy (non-hydrogen) atoms. The summed E-state index contributed by atoms with van der Waals surface area (Å²) in [5, 5.41) is 10.9. The number of nitrogens with one attached hydrogen (secondary N) is 2. The Balaban J connectivity index is 1.49. The van der Waals surface area contributed by atoms with Crippen LogP contribution in [0.15, 0.2) is 54.7 Å². The van der Waals surface area contributed by atoms with Crippen LogP contribution in [0.2, 0.25) is 5.02 Å². The topological polar surface area (TPSA) is 71.8 Å². The van der Waals surface area contributed by atoms with E-state index < -0.39 is 0 Å².